The van der Waals surface area contributed by atoms with Crippen LogP contribution in [-0.2, 0) is 14.3 Å². The van der Waals surface area contributed by atoms with Gasteiger partial charge in [0, 0.05) is 12.5 Å². The van der Waals surface area contributed by atoms with Gasteiger partial charge in [-0.05, 0) is 13.3 Å². The van der Waals surface area contributed by atoms with Gasteiger partial charge in [-0.1, -0.05) is 32.6 Å². The summed E-state index contributed by atoms with van der Waals surface area (Å²) in [6, 6.07) is 0. The second-order valence-electron chi connectivity index (χ2n) is 3.88. The molecular weight excluding hydrogens is 220 g/mol. The summed E-state index contributed by atoms with van der Waals surface area (Å²) in [6.45, 7) is 3.95. The van der Waals surface area contributed by atoms with Crippen molar-refractivity contribution in [2.45, 2.75) is 52.4 Å². The SMILES string of the molecule is CCCCCCCC(=O)C=C(O)C(=O)OCC. The number of rotatable bonds is 9. The number of ketones is 1. The van der Waals surface area contributed by atoms with Crippen LogP contribution >= 0.6 is 0 Å². The first-order valence-electron chi connectivity index (χ1n) is 6.22. The Bertz CT molecular complexity index is 269. The van der Waals surface area contributed by atoms with Crippen molar-refractivity contribution in [3.63, 3.8) is 0 Å². The topological polar surface area (TPSA) is 63.6 Å². The smallest absolute Gasteiger partial charge is 0.373 e. The molecule has 0 atom stereocenters. The molecular formula is C13H22O4. The molecule has 4 heteroatoms. The number of ether oxygens (including phenoxy) is 1. The second-order valence-corrected chi connectivity index (χ2v) is 3.88. The minimum Gasteiger partial charge on any atom is -0.502 e. The van der Waals surface area contributed by atoms with Crippen LogP contribution in [0, 0.1) is 0 Å². The van der Waals surface area contributed by atoms with E-state index in [2.05, 4.69) is 11.7 Å². The molecule has 0 saturated carbocycles. The molecule has 0 heterocycles. The summed E-state index contributed by atoms with van der Waals surface area (Å²) in [4.78, 5) is 22.4. The first kappa shape index (κ1) is 15.7. The van der Waals surface area contributed by atoms with Gasteiger partial charge in [-0.2, -0.15) is 0 Å². The first-order valence-corrected chi connectivity index (χ1v) is 6.22. The summed E-state index contributed by atoms with van der Waals surface area (Å²) in [5, 5.41) is 9.23. The summed E-state index contributed by atoms with van der Waals surface area (Å²) in [6.07, 6.45) is 6.59. The van der Waals surface area contributed by atoms with Gasteiger partial charge < -0.3 is 9.84 Å². The van der Waals surface area contributed by atoms with Gasteiger partial charge in [0.25, 0.3) is 0 Å². The lowest BCUT2D eigenvalue weighted by Gasteiger charge is -2.00. The minimum absolute atomic E-state index is 0.182. The second kappa shape index (κ2) is 9.87. The van der Waals surface area contributed by atoms with Gasteiger partial charge in [-0.15, -0.1) is 0 Å². The van der Waals surface area contributed by atoms with E-state index in [0.29, 0.717) is 6.42 Å². The van der Waals surface area contributed by atoms with Crippen LogP contribution in [-0.4, -0.2) is 23.5 Å². The number of aliphatic hydroxyl groups is 1. The Labute approximate surface area is 103 Å². The van der Waals surface area contributed by atoms with Crippen molar-refractivity contribution in [1.82, 2.24) is 0 Å². The highest BCUT2D eigenvalue weighted by atomic mass is 16.5. The Kier molecular flexibility index (Phi) is 9.11. The molecule has 0 aromatic carbocycles. The average Bonchev–Trinajstić information content (AvgIpc) is 2.29. The Hall–Kier alpha value is -1.32. The Morgan fingerprint density at radius 3 is 2.35 bits per heavy atom. The van der Waals surface area contributed by atoms with Gasteiger partial charge in [-0.25, -0.2) is 4.79 Å². The Balaban J connectivity index is 3.83. The molecule has 0 rings (SSSR count). The van der Waals surface area contributed by atoms with Crippen molar-refractivity contribution >= 4 is 11.8 Å². The summed E-state index contributed by atoms with van der Waals surface area (Å²) >= 11 is 0. The predicted molar refractivity (Wildman–Crippen MR) is 65.7 cm³/mol. The molecule has 0 fully saturated rings. The van der Waals surface area contributed by atoms with Gasteiger partial charge in [0.15, 0.2) is 5.78 Å². The molecule has 0 spiro atoms. The van der Waals surface area contributed by atoms with Crippen molar-refractivity contribution in [2.75, 3.05) is 6.61 Å². The quantitative estimate of drug-likeness (QED) is 0.292. The van der Waals surface area contributed by atoms with Crippen molar-refractivity contribution in [2.24, 2.45) is 0 Å². The van der Waals surface area contributed by atoms with E-state index in [1.54, 1.807) is 6.92 Å². The Morgan fingerprint density at radius 2 is 1.76 bits per heavy atom. The van der Waals surface area contributed by atoms with Crippen molar-refractivity contribution in [1.29, 1.82) is 0 Å². The Morgan fingerprint density at radius 1 is 1.12 bits per heavy atom. The number of hydrogen-bond donors (Lipinski definition) is 1. The van der Waals surface area contributed by atoms with Gasteiger partial charge in [0.1, 0.15) is 0 Å². The molecule has 4 nitrogen and oxygen atoms in total. The molecule has 0 aromatic heterocycles. The van der Waals surface area contributed by atoms with E-state index < -0.39 is 11.7 Å². The number of hydrogen-bond acceptors (Lipinski definition) is 4. The van der Waals surface area contributed by atoms with E-state index in [0.717, 1.165) is 31.8 Å². The van der Waals surface area contributed by atoms with Crippen LogP contribution in [0.25, 0.3) is 0 Å². The van der Waals surface area contributed by atoms with Crippen LogP contribution in [0.15, 0.2) is 11.8 Å². The van der Waals surface area contributed by atoms with E-state index in [4.69, 9.17) is 0 Å². The molecule has 0 unspecified atom stereocenters. The van der Waals surface area contributed by atoms with E-state index in [1.165, 1.54) is 6.42 Å². The number of unbranched alkanes of at least 4 members (excludes halogenated alkanes) is 4. The standard InChI is InChI=1S/C13H22O4/c1-3-5-6-7-8-9-11(14)10-12(15)13(16)17-4-2/h10,15H,3-9H2,1-2H3. The summed E-state index contributed by atoms with van der Waals surface area (Å²) in [5.41, 5.74) is 0. The molecule has 0 aliphatic carbocycles. The molecule has 0 saturated heterocycles. The third kappa shape index (κ3) is 8.48. The largest absolute Gasteiger partial charge is 0.502 e. The van der Waals surface area contributed by atoms with Crippen LogP contribution in [0.3, 0.4) is 0 Å². The summed E-state index contributed by atoms with van der Waals surface area (Å²) in [7, 11) is 0. The maximum atomic E-state index is 11.4. The van der Waals surface area contributed by atoms with E-state index in [1.807, 2.05) is 0 Å². The zero-order valence-electron chi connectivity index (χ0n) is 10.7. The monoisotopic (exact) mass is 242 g/mol. The molecule has 0 amide bonds. The van der Waals surface area contributed by atoms with Crippen molar-refractivity contribution in [3.8, 4) is 0 Å². The fourth-order valence-corrected chi connectivity index (χ4v) is 1.39. The molecule has 1 N–H and O–H groups in total. The fourth-order valence-electron chi connectivity index (χ4n) is 1.39. The van der Waals surface area contributed by atoms with Crippen molar-refractivity contribution < 1.29 is 19.4 Å². The maximum Gasteiger partial charge on any atom is 0.373 e. The first-order chi connectivity index (χ1) is 8.11. The van der Waals surface area contributed by atoms with Crippen LogP contribution in [0.4, 0.5) is 0 Å². The number of carbonyl (C=O) groups excluding carboxylic acids is 2. The normalized spacial score (nSPS) is 11.3. The van der Waals surface area contributed by atoms with Gasteiger partial charge in [-0.3, -0.25) is 4.79 Å². The van der Waals surface area contributed by atoms with Crippen LogP contribution in [0.1, 0.15) is 52.4 Å². The molecule has 0 aromatic rings. The highest BCUT2D eigenvalue weighted by molar-refractivity contribution is 5.97. The fraction of sp³-hybridized carbons (Fsp3) is 0.692. The molecule has 17 heavy (non-hydrogen) atoms. The van der Waals surface area contributed by atoms with Gasteiger partial charge in [0.05, 0.1) is 6.61 Å². The third-order valence-electron chi connectivity index (χ3n) is 2.31. The molecule has 98 valence electrons. The highest BCUT2D eigenvalue weighted by Gasteiger charge is 2.10. The van der Waals surface area contributed by atoms with Crippen LogP contribution < -0.4 is 0 Å². The number of aliphatic hydroxyl groups excluding tert-OH is 1. The number of esters is 1. The lowest BCUT2D eigenvalue weighted by atomic mass is 10.1. The molecule has 0 aliphatic heterocycles. The zero-order valence-corrected chi connectivity index (χ0v) is 10.7. The van der Waals surface area contributed by atoms with Crippen LogP contribution in [0.2, 0.25) is 0 Å². The third-order valence-corrected chi connectivity index (χ3v) is 2.31. The lowest BCUT2D eigenvalue weighted by Crippen LogP contribution is -2.09. The lowest BCUT2D eigenvalue weighted by molar-refractivity contribution is -0.141. The number of carbonyl (C=O) groups is 2. The molecule has 0 aliphatic rings. The van der Waals surface area contributed by atoms with Crippen LogP contribution in [0.5, 0.6) is 0 Å². The average molecular weight is 242 g/mol. The van der Waals surface area contributed by atoms with Gasteiger partial charge in [0.2, 0.25) is 5.76 Å². The minimum atomic E-state index is -0.841. The van der Waals surface area contributed by atoms with E-state index in [9.17, 15) is 14.7 Å². The predicted octanol–water partition coefficient (Wildman–Crippen LogP) is 2.92. The van der Waals surface area contributed by atoms with Gasteiger partial charge >= 0.3 is 5.97 Å². The van der Waals surface area contributed by atoms with E-state index in [-0.39, 0.29) is 12.4 Å². The van der Waals surface area contributed by atoms with Crippen molar-refractivity contribution in [3.05, 3.63) is 11.8 Å². The number of allylic oxidation sites excluding steroid dienone is 1. The van der Waals surface area contributed by atoms with E-state index >= 15 is 0 Å². The zero-order chi connectivity index (χ0) is 13.1. The summed E-state index contributed by atoms with van der Waals surface area (Å²) in [5.74, 6) is -1.68. The maximum absolute atomic E-state index is 11.4. The summed E-state index contributed by atoms with van der Waals surface area (Å²) < 4.78 is 4.55. The highest BCUT2D eigenvalue weighted by Crippen LogP contribution is 2.06. The molecule has 0 radical (unpaired) electrons. The molecule has 0 bridgehead atoms.